The predicted octanol–water partition coefficient (Wildman–Crippen LogP) is 4.67. The number of piperazine rings is 1. The minimum Gasteiger partial charge on any atom is -0.468 e. The first-order valence-corrected chi connectivity index (χ1v) is 13.9. The van der Waals surface area contributed by atoms with Gasteiger partial charge in [-0.1, -0.05) is 40.2 Å². The molecule has 0 atom stereocenters. The molecular weight excluding hydrogens is 554 g/mol. The molecule has 1 aromatic heterocycles. The Balaban J connectivity index is 1.10. The number of amides is 2. The minimum atomic E-state index is -0.646. The summed E-state index contributed by atoms with van der Waals surface area (Å²) >= 11 is 5.26. The molecule has 2 amide bonds. The number of anilines is 1. The minimum absolute atomic E-state index is 0.234. The maximum absolute atomic E-state index is 12.7. The number of carbonyl (C=O) groups excluding carboxylic acids is 3. The van der Waals surface area contributed by atoms with E-state index in [4.69, 9.17) is 4.74 Å². The standard InChI is InChI=1S/C28H28BrN3O4S/c1-36-27(35)28(12-13-28)20-4-8-22(9-5-20)30-25(33)26(34)32-16-14-31(15-17-32)18-23-10-11-24(37-23)19-2-6-21(29)7-3-19/h2-11H,12-18H2,1H3,(H,30,33). The molecule has 0 bridgehead atoms. The fourth-order valence-electron chi connectivity index (χ4n) is 4.69. The van der Waals surface area contributed by atoms with Crippen molar-refractivity contribution < 1.29 is 19.1 Å². The van der Waals surface area contributed by atoms with E-state index in [0.717, 1.165) is 42.5 Å². The van der Waals surface area contributed by atoms with E-state index in [-0.39, 0.29) is 5.97 Å². The fraction of sp³-hybridized carbons (Fsp3) is 0.321. The molecule has 3 aromatic rings. The van der Waals surface area contributed by atoms with E-state index in [2.05, 4.69) is 50.4 Å². The Bertz CT molecular complexity index is 1290. The molecule has 192 valence electrons. The maximum atomic E-state index is 12.7. The number of carbonyl (C=O) groups is 3. The maximum Gasteiger partial charge on any atom is 0.316 e. The van der Waals surface area contributed by atoms with Gasteiger partial charge >= 0.3 is 17.8 Å². The van der Waals surface area contributed by atoms with Gasteiger partial charge in [-0.3, -0.25) is 19.3 Å². The van der Waals surface area contributed by atoms with Crippen LogP contribution >= 0.6 is 27.3 Å². The monoisotopic (exact) mass is 581 g/mol. The lowest BCUT2D eigenvalue weighted by atomic mass is 9.96. The lowest BCUT2D eigenvalue weighted by Crippen LogP contribution is -2.51. The summed E-state index contributed by atoms with van der Waals surface area (Å²) in [4.78, 5) is 43.9. The van der Waals surface area contributed by atoms with Gasteiger partial charge in [-0.2, -0.15) is 0 Å². The van der Waals surface area contributed by atoms with E-state index in [1.54, 1.807) is 28.4 Å². The number of benzene rings is 2. The first-order chi connectivity index (χ1) is 17.9. The Labute approximate surface area is 228 Å². The highest BCUT2D eigenvalue weighted by Crippen LogP contribution is 2.49. The third-order valence-corrected chi connectivity index (χ3v) is 8.69. The largest absolute Gasteiger partial charge is 0.468 e. The summed E-state index contributed by atoms with van der Waals surface area (Å²) in [5.41, 5.74) is 2.04. The number of hydrogen-bond acceptors (Lipinski definition) is 6. The van der Waals surface area contributed by atoms with Crippen molar-refractivity contribution in [1.29, 1.82) is 0 Å². The molecule has 2 aromatic carbocycles. The second-order valence-electron chi connectivity index (χ2n) is 9.45. The third-order valence-electron chi connectivity index (χ3n) is 7.05. The van der Waals surface area contributed by atoms with Crippen LogP contribution in [0.15, 0.2) is 65.1 Å². The zero-order chi connectivity index (χ0) is 26.0. The fourth-order valence-corrected chi connectivity index (χ4v) is 6.01. The molecule has 2 heterocycles. The number of thiophene rings is 1. The van der Waals surface area contributed by atoms with Crippen LogP contribution in [0.25, 0.3) is 10.4 Å². The van der Waals surface area contributed by atoms with Gasteiger partial charge in [0.1, 0.15) is 0 Å². The number of methoxy groups -OCH3 is 1. The predicted molar refractivity (Wildman–Crippen MR) is 147 cm³/mol. The Kier molecular flexibility index (Phi) is 7.46. The third kappa shape index (κ3) is 5.63. The number of hydrogen-bond donors (Lipinski definition) is 1. The molecule has 5 rings (SSSR count). The van der Waals surface area contributed by atoms with Gasteiger partial charge in [-0.15, -0.1) is 11.3 Å². The van der Waals surface area contributed by atoms with E-state index < -0.39 is 17.2 Å². The van der Waals surface area contributed by atoms with Crippen LogP contribution in [0.4, 0.5) is 5.69 Å². The van der Waals surface area contributed by atoms with Crippen LogP contribution in [0.3, 0.4) is 0 Å². The van der Waals surface area contributed by atoms with Crippen LogP contribution in [-0.2, 0) is 31.1 Å². The molecule has 0 spiro atoms. The van der Waals surface area contributed by atoms with Crippen LogP contribution in [0.2, 0.25) is 0 Å². The van der Waals surface area contributed by atoms with Gasteiger partial charge in [0.15, 0.2) is 0 Å². The second kappa shape index (κ2) is 10.8. The lowest BCUT2D eigenvalue weighted by molar-refractivity contribution is -0.144. The average Bonchev–Trinajstić information content (AvgIpc) is 3.61. The molecule has 0 unspecified atom stereocenters. The van der Waals surface area contributed by atoms with Crippen molar-refractivity contribution in [2.75, 3.05) is 38.6 Å². The Hall–Kier alpha value is -3.01. The van der Waals surface area contributed by atoms with Gasteiger partial charge in [0.25, 0.3) is 0 Å². The van der Waals surface area contributed by atoms with Gasteiger partial charge in [0.2, 0.25) is 0 Å². The van der Waals surface area contributed by atoms with E-state index in [9.17, 15) is 14.4 Å². The zero-order valence-corrected chi connectivity index (χ0v) is 22.9. The van der Waals surface area contributed by atoms with Gasteiger partial charge in [-0.25, -0.2) is 0 Å². The molecule has 37 heavy (non-hydrogen) atoms. The molecule has 2 fully saturated rings. The van der Waals surface area contributed by atoms with Crippen molar-refractivity contribution in [2.24, 2.45) is 0 Å². The highest BCUT2D eigenvalue weighted by atomic mass is 79.9. The first kappa shape index (κ1) is 25.6. The number of nitrogens with zero attached hydrogens (tertiary/aromatic N) is 2. The number of halogens is 1. The summed E-state index contributed by atoms with van der Waals surface area (Å²) < 4.78 is 5.99. The highest BCUT2D eigenvalue weighted by molar-refractivity contribution is 9.10. The summed E-state index contributed by atoms with van der Waals surface area (Å²) in [6.45, 7) is 3.29. The number of rotatable bonds is 6. The van der Waals surface area contributed by atoms with Crippen molar-refractivity contribution in [2.45, 2.75) is 24.8 Å². The van der Waals surface area contributed by atoms with Crippen molar-refractivity contribution >= 4 is 50.7 Å². The Morgan fingerprint density at radius 3 is 2.24 bits per heavy atom. The van der Waals surface area contributed by atoms with Gasteiger partial charge < -0.3 is 15.0 Å². The van der Waals surface area contributed by atoms with Crippen LogP contribution < -0.4 is 5.32 Å². The van der Waals surface area contributed by atoms with Crippen molar-refractivity contribution in [3.05, 3.63) is 75.6 Å². The normalized spacial score (nSPS) is 16.8. The van der Waals surface area contributed by atoms with E-state index in [0.29, 0.717) is 18.8 Å². The number of esters is 1. The number of nitrogens with one attached hydrogen (secondary N) is 1. The van der Waals surface area contributed by atoms with Crippen LogP contribution in [0, 0.1) is 0 Å². The van der Waals surface area contributed by atoms with Crippen molar-refractivity contribution in [3.8, 4) is 10.4 Å². The molecule has 7 nitrogen and oxygen atoms in total. The lowest BCUT2D eigenvalue weighted by Gasteiger charge is -2.34. The molecule has 1 saturated heterocycles. The van der Waals surface area contributed by atoms with E-state index in [1.165, 1.54) is 22.4 Å². The van der Waals surface area contributed by atoms with Crippen LogP contribution in [-0.4, -0.2) is 60.9 Å². The topological polar surface area (TPSA) is 78.9 Å². The molecule has 1 saturated carbocycles. The van der Waals surface area contributed by atoms with Gasteiger partial charge in [0.05, 0.1) is 12.5 Å². The van der Waals surface area contributed by atoms with Crippen molar-refractivity contribution in [3.63, 3.8) is 0 Å². The van der Waals surface area contributed by atoms with Crippen LogP contribution in [0.5, 0.6) is 0 Å². The summed E-state index contributed by atoms with van der Waals surface area (Å²) in [7, 11) is 1.39. The molecule has 2 aliphatic rings. The van der Waals surface area contributed by atoms with E-state index >= 15 is 0 Å². The molecule has 1 aliphatic heterocycles. The Morgan fingerprint density at radius 1 is 0.946 bits per heavy atom. The molecule has 1 aliphatic carbocycles. The summed E-state index contributed by atoms with van der Waals surface area (Å²) in [5.74, 6) is -1.40. The van der Waals surface area contributed by atoms with E-state index in [1.807, 2.05) is 24.3 Å². The van der Waals surface area contributed by atoms with Gasteiger partial charge in [0, 0.05) is 52.6 Å². The molecular formula is C28H28BrN3O4S. The van der Waals surface area contributed by atoms with Crippen molar-refractivity contribution in [1.82, 2.24) is 9.80 Å². The summed E-state index contributed by atoms with van der Waals surface area (Å²) in [6.07, 6.45) is 1.52. The highest BCUT2D eigenvalue weighted by Gasteiger charge is 2.52. The summed E-state index contributed by atoms with van der Waals surface area (Å²) in [6, 6.07) is 19.7. The SMILES string of the molecule is COC(=O)C1(c2ccc(NC(=O)C(=O)N3CCN(Cc4ccc(-c5ccc(Br)cc5)s4)CC3)cc2)CC1. The first-order valence-electron chi connectivity index (χ1n) is 12.2. The number of ether oxygens (including phenoxy) is 1. The van der Waals surface area contributed by atoms with Gasteiger partial charge in [-0.05, 0) is 60.4 Å². The second-order valence-corrected chi connectivity index (χ2v) is 11.5. The Morgan fingerprint density at radius 2 is 1.62 bits per heavy atom. The van der Waals surface area contributed by atoms with Crippen LogP contribution in [0.1, 0.15) is 23.3 Å². The zero-order valence-electron chi connectivity index (χ0n) is 20.5. The average molecular weight is 583 g/mol. The summed E-state index contributed by atoms with van der Waals surface area (Å²) in [5, 5.41) is 2.69. The molecule has 9 heteroatoms. The smallest absolute Gasteiger partial charge is 0.316 e. The molecule has 0 radical (unpaired) electrons. The quantitative estimate of drug-likeness (QED) is 0.338. The molecule has 1 N–H and O–H groups in total.